The normalized spacial score (nSPS) is 11.2. The number of methoxy groups -OCH3 is 1. The molecule has 0 unspecified atom stereocenters. The number of unbranched alkanes of at least 4 members (excludes halogenated alkanes) is 2. The summed E-state index contributed by atoms with van der Waals surface area (Å²) in [4.78, 5) is 15.5. The molecule has 0 heterocycles. The Balaban J connectivity index is 2.29. The van der Waals surface area contributed by atoms with E-state index in [4.69, 9.17) is 0 Å². The van der Waals surface area contributed by atoms with Gasteiger partial charge >= 0.3 is 5.97 Å². The van der Waals surface area contributed by atoms with E-state index in [-0.39, 0.29) is 11.8 Å². The molecule has 1 aromatic carbocycles. The van der Waals surface area contributed by atoms with E-state index in [1.165, 1.54) is 19.2 Å². The van der Waals surface area contributed by atoms with Gasteiger partial charge in [0, 0.05) is 19.5 Å². The van der Waals surface area contributed by atoms with Crippen LogP contribution in [0.25, 0.3) is 0 Å². The van der Waals surface area contributed by atoms with Gasteiger partial charge < -0.3 is 15.4 Å². The van der Waals surface area contributed by atoms with E-state index in [1.807, 2.05) is 6.92 Å². The van der Waals surface area contributed by atoms with Crippen molar-refractivity contribution in [2.45, 2.75) is 39.2 Å². The Morgan fingerprint density at radius 2 is 1.91 bits per heavy atom. The number of benzene rings is 1. The molecule has 0 saturated heterocycles. The SMILES string of the molecule is CCNC(=NCc1ccc(F)cc1)NCCCCCC(=O)OC. The van der Waals surface area contributed by atoms with Crippen molar-refractivity contribution in [2.75, 3.05) is 20.2 Å². The van der Waals surface area contributed by atoms with Crippen LogP contribution >= 0.6 is 0 Å². The van der Waals surface area contributed by atoms with Crippen molar-refractivity contribution in [3.63, 3.8) is 0 Å². The highest BCUT2D eigenvalue weighted by Crippen LogP contribution is 2.04. The van der Waals surface area contributed by atoms with Crippen LogP contribution in [0, 0.1) is 5.82 Å². The van der Waals surface area contributed by atoms with Gasteiger partial charge in [0.25, 0.3) is 0 Å². The van der Waals surface area contributed by atoms with Crippen molar-refractivity contribution in [1.82, 2.24) is 10.6 Å². The number of aliphatic imine (C=N–C) groups is 1. The Labute approximate surface area is 137 Å². The number of carbonyl (C=O) groups excluding carboxylic acids is 1. The Kier molecular flexibility index (Phi) is 9.43. The smallest absolute Gasteiger partial charge is 0.305 e. The monoisotopic (exact) mass is 323 g/mol. The second kappa shape index (κ2) is 11.5. The van der Waals surface area contributed by atoms with Crippen LogP contribution in [0.15, 0.2) is 29.3 Å². The predicted octanol–water partition coefficient (Wildman–Crippen LogP) is 2.61. The van der Waals surface area contributed by atoms with Crippen LogP contribution in [0.5, 0.6) is 0 Å². The molecule has 1 rings (SSSR count). The number of hydrogen-bond acceptors (Lipinski definition) is 3. The van der Waals surface area contributed by atoms with E-state index in [0.29, 0.717) is 13.0 Å². The summed E-state index contributed by atoms with van der Waals surface area (Å²) >= 11 is 0. The third kappa shape index (κ3) is 8.80. The molecule has 0 radical (unpaired) electrons. The second-order valence-corrected chi connectivity index (χ2v) is 5.14. The Hall–Kier alpha value is -2.11. The minimum Gasteiger partial charge on any atom is -0.469 e. The van der Waals surface area contributed by atoms with Crippen LogP contribution in [-0.4, -0.2) is 32.1 Å². The number of ether oxygens (including phenoxy) is 1. The molecule has 0 amide bonds. The molecule has 1 aromatic rings. The third-order valence-corrected chi connectivity index (χ3v) is 3.26. The lowest BCUT2D eigenvalue weighted by Gasteiger charge is -2.11. The van der Waals surface area contributed by atoms with E-state index >= 15 is 0 Å². The Morgan fingerprint density at radius 1 is 1.17 bits per heavy atom. The average Bonchev–Trinajstić information content (AvgIpc) is 2.56. The van der Waals surface area contributed by atoms with Gasteiger partial charge in [-0.1, -0.05) is 18.6 Å². The molecule has 0 bridgehead atoms. The molecule has 0 fully saturated rings. The molecule has 2 N–H and O–H groups in total. The van der Waals surface area contributed by atoms with Gasteiger partial charge in [0.2, 0.25) is 0 Å². The minimum absolute atomic E-state index is 0.160. The first-order chi connectivity index (χ1) is 11.2. The topological polar surface area (TPSA) is 62.7 Å². The number of carbonyl (C=O) groups is 1. The Bertz CT molecular complexity index is 489. The number of nitrogens with one attached hydrogen (secondary N) is 2. The highest BCUT2D eigenvalue weighted by molar-refractivity contribution is 5.79. The predicted molar refractivity (Wildman–Crippen MR) is 89.7 cm³/mol. The highest BCUT2D eigenvalue weighted by Gasteiger charge is 2.00. The van der Waals surface area contributed by atoms with Gasteiger partial charge in [-0.3, -0.25) is 4.79 Å². The highest BCUT2D eigenvalue weighted by atomic mass is 19.1. The standard InChI is InChI=1S/C17H26FN3O2/c1-3-19-17(20-12-6-4-5-7-16(22)23-2)21-13-14-8-10-15(18)11-9-14/h8-11H,3-7,12-13H2,1-2H3,(H2,19,20,21). The van der Waals surface area contributed by atoms with Gasteiger partial charge in [0.1, 0.15) is 5.82 Å². The zero-order valence-electron chi connectivity index (χ0n) is 13.9. The fourth-order valence-electron chi connectivity index (χ4n) is 1.98. The largest absolute Gasteiger partial charge is 0.469 e. The molecule has 0 aliphatic carbocycles. The van der Waals surface area contributed by atoms with Gasteiger partial charge in [-0.05, 0) is 37.5 Å². The summed E-state index contributed by atoms with van der Waals surface area (Å²) < 4.78 is 17.5. The van der Waals surface area contributed by atoms with E-state index in [2.05, 4.69) is 20.4 Å². The molecular weight excluding hydrogens is 297 g/mol. The van der Waals surface area contributed by atoms with Crippen molar-refractivity contribution in [2.24, 2.45) is 4.99 Å². The van der Waals surface area contributed by atoms with Crippen molar-refractivity contribution >= 4 is 11.9 Å². The second-order valence-electron chi connectivity index (χ2n) is 5.14. The summed E-state index contributed by atoms with van der Waals surface area (Å²) in [5, 5.41) is 6.43. The van der Waals surface area contributed by atoms with Crippen molar-refractivity contribution < 1.29 is 13.9 Å². The average molecular weight is 323 g/mol. The number of hydrogen-bond donors (Lipinski definition) is 2. The summed E-state index contributed by atoms with van der Waals surface area (Å²) in [6.45, 7) is 4.07. The number of nitrogens with zero attached hydrogens (tertiary/aromatic N) is 1. The molecule has 0 aliphatic rings. The summed E-state index contributed by atoms with van der Waals surface area (Å²) in [5.41, 5.74) is 0.960. The van der Waals surface area contributed by atoms with Crippen molar-refractivity contribution in [3.05, 3.63) is 35.6 Å². The quantitative estimate of drug-likeness (QED) is 0.317. The summed E-state index contributed by atoms with van der Waals surface area (Å²) in [6, 6.07) is 6.34. The van der Waals surface area contributed by atoms with Crippen LogP contribution in [0.4, 0.5) is 4.39 Å². The number of guanidine groups is 1. The summed E-state index contributed by atoms with van der Waals surface area (Å²) in [6.07, 6.45) is 3.21. The van der Waals surface area contributed by atoms with Gasteiger partial charge in [-0.25, -0.2) is 9.38 Å². The van der Waals surface area contributed by atoms with E-state index in [9.17, 15) is 9.18 Å². The first-order valence-electron chi connectivity index (χ1n) is 7.99. The molecule has 0 spiro atoms. The summed E-state index contributed by atoms with van der Waals surface area (Å²) in [5.74, 6) is 0.340. The zero-order valence-corrected chi connectivity index (χ0v) is 13.9. The van der Waals surface area contributed by atoms with E-state index in [1.54, 1.807) is 12.1 Å². The van der Waals surface area contributed by atoms with E-state index in [0.717, 1.165) is 43.9 Å². The molecule has 6 heteroatoms. The third-order valence-electron chi connectivity index (χ3n) is 3.26. The van der Waals surface area contributed by atoms with Gasteiger partial charge in [-0.2, -0.15) is 0 Å². The molecular formula is C17H26FN3O2. The lowest BCUT2D eigenvalue weighted by Crippen LogP contribution is -2.37. The molecule has 0 saturated carbocycles. The fraction of sp³-hybridized carbons (Fsp3) is 0.529. The van der Waals surface area contributed by atoms with Gasteiger partial charge in [0.15, 0.2) is 5.96 Å². The van der Waals surface area contributed by atoms with Crippen LogP contribution < -0.4 is 10.6 Å². The van der Waals surface area contributed by atoms with Crippen molar-refractivity contribution in [3.8, 4) is 0 Å². The molecule has 0 atom stereocenters. The first kappa shape index (κ1) is 18.9. The molecule has 0 aromatic heterocycles. The molecule has 5 nitrogen and oxygen atoms in total. The molecule has 128 valence electrons. The number of esters is 1. The van der Waals surface area contributed by atoms with Crippen molar-refractivity contribution in [1.29, 1.82) is 0 Å². The summed E-state index contributed by atoms with van der Waals surface area (Å²) in [7, 11) is 1.41. The van der Waals surface area contributed by atoms with Crippen LogP contribution in [0.2, 0.25) is 0 Å². The fourth-order valence-corrected chi connectivity index (χ4v) is 1.98. The zero-order chi connectivity index (χ0) is 16.9. The maximum atomic E-state index is 12.9. The number of halogens is 1. The lowest BCUT2D eigenvalue weighted by atomic mass is 10.2. The van der Waals surface area contributed by atoms with E-state index < -0.39 is 0 Å². The lowest BCUT2D eigenvalue weighted by molar-refractivity contribution is -0.140. The van der Waals surface area contributed by atoms with Crippen LogP contribution in [0.1, 0.15) is 38.2 Å². The number of rotatable bonds is 9. The molecule has 0 aliphatic heterocycles. The van der Waals surface area contributed by atoms with Crippen LogP contribution in [-0.2, 0) is 16.1 Å². The van der Waals surface area contributed by atoms with Gasteiger partial charge in [-0.15, -0.1) is 0 Å². The maximum Gasteiger partial charge on any atom is 0.305 e. The minimum atomic E-state index is -0.241. The first-order valence-corrected chi connectivity index (χ1v) is 7.99. The van der Waals surface area contributed by atoms with Gasteiger partial charge in [0.05, 0.1) is 13.7 Å². The molecule has 23 heavy (non-hydrogen) atoms. The Morgan fingerprint density at radius 3 is 2.57 bits per heavy atom. The van der Waals surface area contributed by atoms with Crippen LogP contribution in [0.3, 0.4) is 0 Å². The maximum absolute atomic E-state index is 12.9.